The molecule has 2 saturated carbocycles. The molecule has 0 aliphatic heterocycles. The van der Waals surface area contributed by atoms with Crippen molar-refractivity contribution in [2.24, 2.45) is 0 Å². The van der Waals surface area contributed by atoms with Crippen LogP contribution in [0.2, 0.25) is 0 Å². The minimum Gasteiger partial charge on any atom is -0.480 e. The summed E-state index contributed by atoms with van der Waals surface area (Å²) in [6.45, 7) is 1.40. The molecule has 2 aliphatic carbocycles. The lowest BCUT2D eigenvalue weighted by Crippen LogP contribution is -2.59. The zero-order valence-electron chi connectivity index (χ0n) is 12.2. The first-order valence-corrected chi connectivity index (χ1v) is 7.58. The zero-order chi connectivity index (χ0) is 15.7. The minimum atomic E-state index is -4.23. The Kier molecular flexibility index (Phi) is 4.82. The molecule has 0 radical (unpaired) electrons. The Bertz CT molecular complexity index is 381. The molecule has 4 nitrogen and oxygen atoms in total. The lowest BCUT2D eigenvalue weighted by atomic mass is 9.78. The molecule has 0 amide bonds. The Balaban J connectivity index is 2.12. The molecule has 2 atom stereocenters. The van der Waals surface area contributed by atoms with E-state index in [0.717, 1.165) is 12.8 Å². The number of nitrogens with one attached hydrogen (secondary N) is 1. The van der Waals surface area contributed by atoms with Gasteiger partial charge in [-0.3, -0.25) is 9.69 Å². The molecule has 21 heavy (non-hydrogen) atoms. The van der Waals surface area contributed by atoms with Crippen LogP contribution in [-0.2, 0) is 4.79 Å². The Hall–Kier alpha value is -0.820. The number of nitrogens with zero attached hydrogens (tertiary/aromatic N) is 1. The summed E-state index contributed by atoms with van der Waals surface area (Å²) in [5.74, 6) is -0.947. The van der Waals surface area contributed by atoms with Gasteiger partial charge in [0.05, 0.1) is 6.54 Å². The minimum absolute atomic E-state index is 0.0251. The van der Waals surface area contributed by atoms with Crippen molar-refractivity contribution in [3.63, 3.8) is 0 Å². The number of aliphatic carboxylic acids is 1. The SMILES string of the molecule is CCNC1(C(=O)O)CCCC(N(CC(F)(F)F)C2CC2)C1. The van der Waals surface area contributed by atoms with Gasteiger partial charge in [0.2, 0.25) is 0 Å². The molecule has 0 spiro atoms. The third-order valence-electron chi connectivity index (χ3n) is 4.50. The molecule has 122 valence electrons. The Morgan fingerprint density at radius 3 is 2.48 bits per heavy atom. The van der Waals surface area contributed by atoms with E-state index in [-0.39, 0.29) is 18.5 Å². The highest BCUT2D eigenvalue weighted by Gasteiger charge is 2.48. The molecular formula is C14H23F3N2O2. The van der Waals surface area contributed by atoms with Gasteiger partial charge in [0.1, 0.15) is 5.54 Å². The first-order chi connectivity index (χ1) is 9.77. The van der Waals surface area contributed by atoms with Crippen LogP contribution in [0.25, 0.3) is 0 Å². The topological polar surface area (TPSA) is 52.6 Å². The third kappa shape index (κ3) is 4.10. The van der Waals surface area contributed by atoms with Crippen LogP contribution in [0.3, 0.4) is 0 Å². The molecule has 0 bridgehead atoms. The first-order valence-electron chi connectivity index (χ1n) is 7.58. The maximum atomic E-state index is 12.8. The van der Waals surface area contributed by atoms with Crippen molar-refractivity contribution in [2.45, 2.75) is 69.2 Å². The zero-order valence-corrected chi connectivity index (χ0v) is 12.2. The van der Waals surface area contributed by atoms with Gasteiger partial charge in [0.15, 0.2) is 0 Å². The number of likely N-dealkylation sites (N-methyl/N-ethyl adjacent to an activating group) is 1. The van der Waals surface area contributed by atoms with Gasteiger partial charge in [-0.05, 0) is 45.1 Å². The number of carbonyl (C=O) groups is 1. The molecule has 0 heterocycles. The second-order valence-electron chi connectivity index (χ2n) is 6.19. The van der Waals surface area contributed by atoms with Gasteiger partial charge in [-0.1, -0.05) is 6.92 Å². The van der Waals surface area contributed by atoms with Crippen molar-refractivity contribution in [1.29, 1.82) is 0 Å². The van der Waals surface area contributed by atoms with Crippen molar-refractivity contribution in [2.75, 3.05) is 13.1 Å². The second-order valence-corrected chi connectivity index (χ2v) is 6.19. The lowest BCUT2D eigenvalue weighted by Gasteiger charge is -2.43. The van der Waals surface area contributed by atoms with Crippen molar-refractivity contribution in [3.05, 3.63) is 0 Å². The van der Waals surface area contributed by atoms with Crippen molar-refractivity contribution >= 4 is 5.97 Å². The van der Waals surface area contributed by atoms with Crippen LogP contribution in [0.4, 0.5) is 13.2 Å². The highest BCUT2D eigenvalue weighted by atomic mass is 19.4. The maximum absolute atomic E-state index is 12.8. The average Bonchev–Trinajstić information content (AvgIpc) is 3.19. The van der Waals surface area contributed by atoms with E-state index in [1.165, 1.54) is 4.90 Å². The van der Waals surface area contributed by atoms with Crippen LogP contribution in [0, 0.1) is 0 Å². The molecule has 7 heteroatoms. The van der Waals surface area contributed by atoms with Crippen LogP contribution in [0.15, 0.2) is 0 Å². The van der Waals surface area contributed by atoms with E-state index < -0.39 is 24.2 Å². The van der Waals surface area contributed by atoms with E-state index in [1.807, 2.05) is 6.92 Å². The Labute approximate surface area is 122 Å². The summed E-state index contributed by atoms with van der Waals surface area (Å²) in [6, 6.07) is -0.328. The van der Waals surface area contributed by atoms with E-state index in [2.05, 4.69) is 5.32 Å². The summed E-state index contributed by atoms with van der Waals surface area (Å²) < 4.78 is 38.3. The van der Waals surface area contributed by atoms with Gasteiger partial charge in [0.25, 0.3) is 0 Å². The van der Waals surface area contributed by atoms with Crippen LogP contribution < -0.4 is 5.32 Å². The summed E-state index contributed by atoms with van der Waals surface area (Å²) in [5, 5.41) is 12.5. The molecule has 2 aliphatic rings. The van der Waals surface area contributed by atoms with E-state index in [9.17, 15) is 23.1 Å². The monoisotopic (exact) mass is 308 g/mol. The third-order valence-corrected chi connectivity index (χ3v) is 4.50. The van der Waals surface area contributed by atoms with Crippen molar-refractivity contribution in [1.82, 2.24) is 10.2 Å². The number of alkyl halides is 3. The number of carboxylic acids is 1. The van der Waals surface area contributed by atoms with Crippen LogP contribution >= 0.6 is 0 Å². The fourth-order valence-electron chi connectivity index (χ4n) is 3.47. The smallest absolute Gasteiger partial charge is 0.401 e. The quantitative estimate of drug-likeness (QED) is 0.791. The largest absolute Gasteiger partial charge is 0.480 e. The fraction of sp³-hybridized carbons (Fsp3) is 0.929. The lowest BCUT2D eigenvalue weighted by molar-refractivity contribution is -0.158. The van der Waals surface area contributed by atoms with Crippen molar-refractivity contribution < 1.29 is 23.1 Å². The molecule has 0 aromatic heterocycles. The number of hydrogen-bond acceptors (Lipinski definition) is 3. The number of carboxylic acid groups (broad SMARTS) is 1. The Morgan fingerprint density at radius 1 is 1.33 bits per heavy atom. The van der Waals surface area contributed by atoms with E-state index in [1.54, 1.807) is 0 Å². The predicted octanol–water partition coefficient (Wildman–Crippen LogP) is 2.39. The Morgan fingerprint density at radius 2 is 2.00 bits per heavy atom. The standard InChI is InChI=1S/C14H23F3N2O2/c1-2-18-13(12(20)21)7-3-4-11(8-13)19(10-5-6-10)9-14(15,16)17/h10-11,18H,2-9H2,1H3,(H,20,21). The molecule has 2 fully saturated rings. The predicted molar refractivity (Wildman–Crippen MR) is 72.1 cm³/mol. The van der Waals surface area contributed by atoms with Crippen LogP contribution in [-0.4, -0.2) is 52.9 Å². The second kappa shape index (κ2) is 6.12. The molecular weight excluding hydrogens is 285 g/mol. The normalized spacial score (nSPS) is 30.6. The van der Waals surface area contributed by atoms with E-state index >= 15 is 0 Å². The van der Waals surface area contributed by atoms with E-state index in [0.29, 0.717) is 25.8 Å². The molecule has 2 N–H and O–H groups in total. The van der Waals surface area contributed by atoms with Gasteiger partial charge in [0, 0.05) is 12.1 Å². The number of rotatable bonds is 6. The summed E-state index contributed by atoms with van der Waals surface area (Å²) in [4.78, 5) is 13.1. The summed E-state index contributed by atoms with van der Waals surface area (Å²) in [6.07, 6.45) is -0.635. The average molecular weight is 308 g/mol. The van der Waals surface area contributed by atoms with Gasteiger partial charge in [-0.2, -0.15) is 13.2 Å². The van der Waals surface area contributed by atoms with Crippen molar-refractivity contribution in [3.8, 4) is 0 Å². The van der Waals surface area contributed by atoms with Gasteiger partial charge in [-0.15, -0.1) is 0 Å². The van der Waals surface area contributed by atoms with Gasteiger partial charge in [-0.25, -0.2) is 0 Å². The summed E-state index contributed by atoms with van der Waals surface area (Å²) in [5.41, 5.74) is -1.07. The molecule has 0 aromatic carbocycles. The number of hydrogen-bond donors (Lipinski definition) is 2. The fourth-order valence-corrected chi connectivity index (χ4v) is 3.47. The van der Waals surface area contributed by atoms with E-state index in [4.69, 9.17) is 0 Å². The van der Waals surface area contributed by atoms with Gasteiger partial charge < -0.3 is 10.4 Å². The molecule has 0 aromatic rings. The highest BCUT2D eigenvalue weighted by Crippen LogP contribution is 2.38. The van der Waals surface area contributed by atoms with Crippen LogP contribution in [0.5, 0.6) is 0 Å². The van der Waals surface area contributed by atoms with Crippen LogP contribution in [0.1, 0.15) is 45.4 Å². The number of halogens is 3. The van der Waals surface area contributed by atoms with Gasteiger partial charge >= 0.3 is 12.1 Å². The summed E-state index contributed by atoms with van der Waals surface area (Å²) in [7, 11) is 0. The highest BCUT2D eigenvalue weighted by molar-refractivity contribution is 5.79. The first kappa shape index (κ1) is 16.5. The molecule has 0 saturated heterocycles. The molecule has 2 unspecified atom stereocenters. The maximum Gasteiger partial charge on any atom is 0.401 e. The summed E-state index contributed by atoms with van der Waals surface area (Å²) >= 11 is 0. The molecule has 2 rings (SSSR count).